The molecule has 0 aliphatic rings. The number of nitro groups is 1. The van der Waals surface area contributed by atoms with Gasteiger partial charge < -0.3 is 4.42 Å². The van der Waals surface area contributed by atoms with Gasteiger partial charge in [-0.15, -0.1) is 0 Å². The molecule has 3 rings (SSSR count). The number of nitriles is 1. The molecule has 3 aromatic rings. The topological polar surface area (TPSA) is 80.1 Å². The maximum Gasteiger partial charge on any atom is 0.283 e. The van der Waals surface area contributed by atoms with Gasteiger partial charge >= 0.3 is 0 Å². The van der Waals surface area contributed by atoms with E-state index in [2.05, 4.69) is 6.07 Å². The van der Waals surface area contributed by atoms with Crippen LogP contribution < -0.4 is 0 Å². The fourth-order valence-electron chi connectivity index (χ4n) is 2.39. The van der Waals surface area contributed by atoms with E-state index in [0.717, 1.165) is 12.1 Å². The average molecular weight is 369 g/mol. The first-order valence-corrected chi connectivity index (χ1v) is 7.77. The second kappa shape index (κ2) is 7.21. The largest absolute Gasteiger partial charge is 0.456 e. The van der Waals surface area contributed by atoms with Gasteiger partial charge in [0.15, 0.2) is 0 Å². The molecule has 0 atom stereocenters. The first-order chi connectivity index (χ1) is 12.5. The number of benzene rings is 2. The molecule has 0 saturated heterocycles. The fraction of sp³-hybridized carbons (Fsp3) is 0. The van der Waals surface area contributed by atoms with Gasteiger partial charge in [0, 0.05) is 5.02 Å². The van der Waals surface area contributed by atoms with E-state index >= 15 is 0 Å². The molecule has 0 bridgehead atoms. The van der Waals surface area contributed by atoms with Crippen LogP contribution in [0.25, 0.3) is 23.0 Å². The van der Waals surface area contributed by atoms with Crippen LogP contribution in [0.3, 0.4) is 0 Å². The van der Waals surface area contributed by atoms with Gasteiger partial charge in [0.2, 0.25) is 0 Å². The second-order valence-electron chi connectivity index (χ2n) is 5.30. The molecule has 2 aromatic carbocycles. The van der Waals surface area contributed by atoms with Gasteiger partial charge in [-0.2, -0.15) is 5.26 Å². The summed E-state index contributed by atoms with van der Waals surface area (Å²) in [7, 11) is 0. The molecule has 0 fully saturated rings. The third kappa shape index (κ3) is 3.63. The molecule has 7 heteroatoms. The highest BCUT2D eigenvalue weighted by atomic mass is 35.5. The lowest BCUT2D eigenvalue weighted by molar-refractivity contribution is -0.384. The van der Waals surface area contributed by atoms with E-state index in [-0.39, 0.29) is 11.3 Å². The standard InChI is InChI=1S/C19H10ClFN2O3/c20-14-3-1-12(2-4-14)13(11-22)9-16-6-8-19(26-16)17-7-5-15(21)10-18(17)23(24)25/h1-10H/b13-9+. The predicted octanol–water partition coefficient (Wildman–Crippen LogP) is 5.71. The van der Waals surface area contributed by atoms with Gasteiger partial charge in [-0.25, -0.2) is 4.39 Å². The quantitative estimate of drug-likeness (QED) is 0.335. The van der Waals surface area contributed by atoms with Crippen LogP contribution in [0, 0.1) is 27.3 Å². The van der Waals surface area contributed by atoms with Crippen LogP contribution in [0.2, 0.25) is 5.02 Å². The van der Waals surface area contributed by atoms with Crippen LogP contribution >= 0.6 is 11.6 Å². The minimum atomic E-state index is -0.707. The molecular formula is C19H10ClFN2O3. The fourth-order valence-corrected chi connectivity index (χ4v) is 2.52. The molecule has 0 unspecified atom stereocenters. The SMILES string of the molecule is N#C/C(=C\c1ccc(-c2ccc(F)cc2[N+](=O)[O-])o1)c1ccc(Cl)cc1. The normalized spacial score (nSPS) is 11.2. The molecule has 0 aliphatic heterocycles. The third-order valence-corrected chi connectivity index (χ3v) is 3.86. The maximum atomic E-state index is 13.3. The van der Waals surface area contributed by atoms with Gasteiger partial charge in [0.1, 0.15) is 17.3 Å². The Bertz CT molecular complexity index is 1050. The van der Waals surface area contributed by atoms with E-state index in [1.54, 1.807) is 30.3 Å². The lowest BCUT2D eigenvalue weighted by atomic mass is 10.1. The van der Waals surface area contributed by atoms with Gasteiger partial charge in [-0.1, -0.05) is 23.7 Å². The number of hydrogen-bond donors (Lipinski definition) is 0. The zero-order chi connectivity index (χ0) is 18.7. The van der Waals surface area contributed by atoms with Crippen molar-refractivity contribution >= 4 is 28.9 Å². The minimum absolute atomic E-state index is 0.154. The molecule has 0 saturated carbocycles. The predicted molar refractivity (Wildman–Crippen MR) is 95.7 cm³/mol. The zero-order valence-corrected chi connectivity index (χ0v) is 13.9. The molecule has 0 N–H and O–H groups in total. The van der Waals surface area contributed by atoms with Crippen molar-refractivity contribution in [3.63, 3.8) is 0 Å². The van der Waals surface area contributed by atoms with E-state index < -0.39 is 16.4 Å². The minimum Gasteiger partial charge on any atom is -0.456 e. The third-order valence-electron chi connectivity index (χ3n) is 3.61. The maximum absolute atomic E-state index is 13.3. The van der Waals surface area contributed by atoms with E-state index in [1.807, 2.05) is 0 Å². The summed E-state index contributed by atoms with van der Waals surface area (Å²) >= 11 is 5.84. The number of nitro benzene ring substituents is 1. The Hall–Kier alpha value is -3.43. The van der Waals surface area contributed by atoms with Gasteiger partial charge in [0.25, 0.3) is 5.69 Å². The summed E-state index contributed by atoms with van der Waals surface area (Å²) in [6.07, 6.45) is 1.52. The Morgan fingerprint density at radius 3 is 2.58 bits per heavy atom. The lowest BCUT2D eigenvalue weighted by Crippen LogP contribution is -1.92. The Morgan fingerprint density at radius 1 is 1.19 bits per heavy atom. The number of halogens is 2. The molecule has 1 heterocycles. The van der Waals surface area contributed by atoms with Crippen molar-refractivity contribution in [1.82, 2.24) is 0 Å². The molecule has 0 amide bonds. The van der Waals surface area contributed by atoms with Crippen molar-refractivity contribution in [2.45, 2.75) is 0 Å². The molecular weight excluding hydrogens is 359 g/mol. The van der Waals surface area contributed by atoms with E-state index in [1.165, 1.54) is 18.2 Å². The molecule has 5 nitrogen and oxygen atoms in total. The highest BCUT2D eigenvalue weighted by Crippen LogP contribution is 2.32. The Kier molecular flexibility index (Phi) is 4.83. The van der Waals surface area contributed by atoms with Crippen LogP contribution in [-0.4, -0.2) is 4.92 Å². The summed E-state index contributed by atoms with van der Waals surface area (Å²) in [5, 5.41) is 21.0. The van der Waals surface area contributed by atoms with Crippen LogP contribution in [-0.2, 0) is 0 Å². The zero-order valence-electron chi connectivity index (χ0n) is 13.1. The van der Waals surface area contributed by atoms with Crippen LogP contribution in [0.15, 0.2) is 59.0 Å². The monoisotopic (exact) mass is 368 g/mol. The summed E-state index contributed by atoms with van der Waals surface area (Å²) < 4.78 is 18.9. The molecule has 0 aliphatic carbocycles. The van der Waals surface area contributed by atoms with Crippen molar-refractivity contribution in [3.05, 3.63) is 86.9 Å². The molecule has 26 heavy (non-hydrogen) atoms. The van der Waals surface area contributed by atoms with Gasteiger partial charge in [-0.3, -0.25) is 10.1 Å². The highest BCUT2D eigenvalue weighted by Gasteiger charge is 2.19. The van der Waals surface area contributed by atoms with E-state index in [4.69, 9.17) is 16.0 Å². The Labute approximate surface area is 152 Å². The van der Waals surface area contributed by atoms with Crippen LogP contribution in [0.1, 0.15) is 11.3 Å². The average Bonchev–Trinajstić information content (AvgIpc) is 3.09. The summed E-state index contributed by atoms with van der Waals surface area (Å²) in [5.74, 6) is -0.164. The number of furan rings is 1. The van der Waals surface area contributed by atoms with Crippen molar-refractivity contribution in [1.29, 1.82) is 5.26 Å². The summed E-state index contributed by atoms with van der Waals surface area (Å²) in [5.41, 5.74) is 0.757. The first kappa shape index (κ1) is 17.4. The first-order valence-electron chi connectivity index (χ1n) is 7.40. The smallest absolute Gasteiger partial charge is 0.283 e. The summed E-state index contributed by atoms with van der Waals surface area (Å²) in [6.45, 7) is 0. The molecule has 0 radical (unpaired) electrons. The molecule has 128 valence electrons. The number of rotatable bonds is 4. The number of allylic oxidation sites excluding steroid dienone is 1. The van der Waals surface area contributed by atoms with Crippen LogP contribution in [0.4, 0.5) is 10.1 Å². The van der Waals surface area contributed by atoms with Gasteiger partial charge in [-0.05, 0) is 48.0 Å². The Morgan fingerprint density at radius 2 is 1.92 bits per heavy atom. The summed E-state index contributed by atoms with van der Waals surface area (Å²) in [4.78, 5) is 10.4. The van der Waals surface area contributed by atoms with Crippen molar-refractivity contribution < 1.29 is 13.7 Å². The van der Waals surface area contributed by atoms with Gasteiger partial charge in [0.05, 0.1) is 28.2 Å². The number of hydrogen-bond acceptors (Lipinski definition) is 4. The lowest BCUT2D eigenvalue weighted by Gasteiger charge is -2.00. The highest BCUT2D eigenvalue weighted by molar-refractivity contribution is 6.30. The van der Waals surface area contributed by atoms with Crippen LogP contribution in [0.5, 0.6) is 0 Å². The van der Waals surface area contributed by atoms with Crippen molar-refractivity contribution in [2.24, 2.45) is 0 Å². The number of nitrogens with zero attached hydrogens (tertiary/aromatic N) is 2. The second-order valence-corrected chi connectivity index (χ2v) is 5.73. The Balaban J connectivity index is 1.99. The molecule has 0 spiro atoms. The van der Waals surface area contributed by atoms with Crippen molar-refractivity contribution in [2.75, 3.05) is 0 Å². The van der Waals surface area contributed by atoms with E-state index in [9.17, 15) is 19.8 Å². The molecule has 1 aromatic heterocycles. The summed E-state index contributed by atoms with van der Waals surface area (Å²) in [6, 6.07) is 15.1. The van der Waals surface area contributed by atoms with E-state index in [0.29, 0.717) is 21.9 Å². The van der Waals surface area contributed by atoms with Crippen molar-refractivity contribution in [3.8, 4) is 17.4 Å².